The molecular formula is C16H26N2. The van der Waals surface area contributed by atoms with Crippen LogP contribution >= 0.6 is 0 Å². The van der Waals surface area contributed by atoms with Gasteiger partial charge in [-0.25, -0.2) is 0 Å². The van der Waals surface area contributed by atoms with Crippen molar-refractivity contribution in [3.63, 3.8) is 0 Å². The molecule has 2 heteroatoms. The molecule has 0 aliphatic carbocycles. The smallest absolute Gasteiger partial charge is 0.0414 e. The Morgan fingerprint density at radius 2 is 2.00 bits per heavy atom. The van der Waals surface area contributed by atoms with E-state index in [2.05, 4.69) is 49.9 Å². The van der Waals surface area contributed by atoms with Gasteiger partial charge in [-0.05, 0) is 36.3 Å². The molecule has 1 aliphatic heterocycles. The minimum absolute atomic E-state index is 0.163. The number of rotatable bonds is 3. The number of hydrogen-bond acceptors (Lipinski definition) is 2. The molecule has 1 aromatic carbocycles. The summed E-state index contributed by atoms with van der Waals surface area (Å²) < 4.78 is 0. The highest BCUT2D eigenvalue weighted by molar-refractivity contribution is 5.55. The minimum Gasteiger partial charge on any atom is -0.371 e. The van der Waals surface area contributed by atoms with Gasteiger partial charge >= 0.3 is 0 Å². The quantitative estimate of drug-likeness (QED) is 0.883. The van der Waals surface area contributed by atoms with Gasteiger partial charge in [0.25, 0.3) is 0 Å². The van der Waals surface area contributed by atoms with Crippen molar-refractivity contribution in [3.05, 3.63) is 29.8 Å². The van der Waals surface area contributed by atoms with Crippen molar-refractivity contribution >= 4 is 5.69 Å². The number of nitrogens with two attached hydrogens (primary N) is 1. The van der Waals surface area contributed by atoms with Crippen LogP contribution in [0.2, 0.25) is 0 Å². The highest BCUT2D eigenvalue weighted by atomic mass is 15.1. The Morgan fingerprint density at radius 1 is 1.28 bits per heavy atom. The maximum atomic E-state index is 6.24. The van der Waals surface area contributed by atoms with E-state index in [0.29, 0.717) is 0 Å². The van der Waals surface area contributed by atoms with E-state index in [9.17, 15) is 0 Å². The van der Waals surface area contributed by atoms with Crippen LogP contribution in [-0.4, -0.2) is 13.1 Å². The summed E-state index contributed by atoms with van der Waals surface area (Å²) in [6, 6.07) is 8.81. The molecule has 0 spiro atoms. The Hall–Kier alpha value is -1.02. The molecule has 2 nitrogen and oxygen atoms in total. The van der Waals surface area contributed by atoms with Crippen molar-refractivity contribution < 1.29 is 0 Å². The molecule has 2 rings (SSSR count). The summed E-state index contributed by atoms with van der Waals surface area (Å²) in [5.41, 5.74) is 8.90. The maximum Gasteiger partial charge on any atom is 0.0414 e. The van der Waals surface area contributed by atoms with E-state index in [4.69, 9.17) is 5.73 Å². The Morgan fingerprint density at radius 3 is 2.67 bits per heavy atom. The monoisotopic (exact) mass is 246 g/mol. The lowest BCUT2D eigenvalue weighted by atomic mass is 9.88. The molecular weight excluding hydrogens is 220 g/mol. The molecule has 1 fully saturated rings. The molecule has 1 heterocycles. The average Bonchev–Trinajstić information content (AvgIpc) is 2.41. The fourth-order valence-electron chi connectivity index (χ4n) is 2.79. The van der Waals surface area contributed by atoms with Gasteiger partial charge in [0.1, 0.15) is 0 Å². The van der Waals surface area contributed by atoms with Gasteiger partial charge in [-0.1, -0.05) is 39.0 Å². The third-order valence-electron chi connectivity index (χ3n) is 4.45. The highest BCUT2D eigenvalue weighted by Crippen LogP contribution is 2.31. The summed E-state index contributed by atoms with van der Waals surface area (Å²) in [6.07, 6.45) is 2.29. The molecule has 1 aliphatic rings. The van der Waals surface area contributed by atoms with E-state index in [0.717, 1.165) is 24.8 Å². The Kier molecular flexibility index (Phi) is 4.28. The molecule has 1 aromatic rings. The summed E-state index contributed by atoms with van der Waals surface area (Å²) >= 11 is 0. The lowest BCUT2D eigenvalue weighted by Gasteiger charge is -2.38. The molecule has 0 bridgehead atoms. The van der Waals surface area contributed by atoms with Crippen molar-refractivity contribution in [1.82, 2.24) is 0 Å². The van der Waals surface area contributed by atoms with E-state index in [-0.39, 0.29) is 6.04 Å². The van der Waals surface area contributed by atoms with Crippen LogP contribution in [0.5, 0.6) is 0 Å². The summed E-state index contributed by atoms with van der Waals surface area (Å²) in [5.74, 6) is 1.61. The maximum absolute atomic E-state index is 6.24. The third-order valence-corrected chi connectivity index (χ3v) is 4.45. The normalized spacial score (nSPS) is 26.1. The second kappa shape index (κ2) is 5.75. The van der Waals surface area contributed by atoms with E-state index >= 15 is 0 Å². The van der Waals surface area contributed by atoms with Crippen LogP contribution in [0, 0.1) is 11.8 Å². The van der Waals surface area contributed by atoms with E-state index < -0.39 is 0 Å². The lowest BCUT2D eigenvalue weighted by molar-refractivity contribution is 0.323. The van der Waals surface area contributed by atoms with Gasteiger partial charge < -0.3 is 10.6 Å². The Balaban J connectivity index is 2.22. The SMILES string of the molecule is CC[C@H](N)c1ccccc1N1CCC(C)C(C)C1. The van der Waals surface area contributed by atoms with Crippen LogP contribution in [0.15, 0.2) is 24.3 Å². The van der Waals surface area contributed by atoms with Crippen LogP contribution in [0.4, 0.5) is 5.69 Å². The second-order valence-electron chi connectivity index (χ2n) is 5.76. The standard InChI is InChI=1S/C16H26N2/c1-4-15(17)14-7-5-6-8-16(14)18-10-9-12(2)13(3)11-18/h5-8,12-13,15H,4,9-11,17H2,1-3H3/t12?,13?,15-/m0/s1. The Bertz CT molecular complexity index is 388. The molecule has 0 radical (unpaired) electrons. The first-order valence-electron chi connectivity index (χ1n) is 7.23. The van der Waals surface area contributed by atoms with Crippen molar-refractivity contribution in [2.45, 2.75) is 39.7 Å². The van der Waals surface area contributed by atoms with Crippen LogP contribution in [0.1, 0.15) is 45.2 Å². The summed E-state index contributed by atoms with van der Waals surface area (Å²) in [4.78, 5) is 2.52. The first-order valence-corrected chi connectivity index (χ1v) is 7.23. The number of nitrogens with zero attached hydrogens (tertiary/aromatic N) is 1. The van der Waals surface area contributed by atoms with E-state index in [1.54, 1.807) is 0 Å². The lowest BCUT2D eigenvalue weighted by Crippen LogP contribution is -2.39. The van der Waals surface area contributed by atoms with Gasteiger partial charge in [0.15, 0.2) is 0 Å². The zero-order valence-electron chi connectivity index (χ0n) is 11.9. The molecule has 0 amide bonds. The number of benzene rings is 1. The highest BCUT2D eigenvalue weighted by Gasteiger charge is 2.24. The van der Waals surface area contributed by atoms with Crippen molar-refractivity contribution in [2.75, 3.05) is 18.0 Å². The summed E-state index contributed by atoms with van der Waals surface area (Å²) in [5, 5.41) is 0. The second-order valence-corrected chi connectivity index (χ2v) is 5.76. The van der Waals surface area contributed by atoms with Crippen molar-refractivity contribution in [2.24, 2.45) is 17.6 Å². The minimum atomic E-state index is 0.163. The van der Waals surface area contributed by atoms with Crippen molar-refractivity contribution in [1.29, 1.82) is 0 Å². The van der Waals surface area contributed by atoms with Crippen LogP contribution < -0.4 is 10.6 Å². The average molecular weight is 246 g/mol. The zero-order valence-corrected chi connectivity index (χ0v) is 11.9. The number of anilines is 1. The summed E-state index contributed by atoms with van der Waals surface area (Å²) in [6.45, 7) is 9.21. The fourth-order valence-corrected chi connectivity index (χ4v) is 2.79. The number of para-hydroxylation sites is 1. The zero-order chi connectivity index (χ0) is 13.1. The Labute approximate surface area is 111 Å². The van der Waals surface area contributed by atoms with E-state index in [1.807, 2.05) is 0 Å². The molecule has 100 valence electrons. The first-order chi connectivity index (χ1) is 8.63. The van der Waals surface area contributed by atoms with Crippen molar-refractivity contribution in [3.8, 4) is 0 Å². The van der Waals surface area contributed by atoms with Crippen LogP contribution in [-0.2, 0) is 0 Å². The molecule has 2 N–H and O–H groups in total. The fraction of sp³-hybridized carbons (Fsp3) is 0.625. The number of piperidine rings is 1. The van der Waals surface area contributed by atoms with Gasteiger partial charge in [-0.2, -0.15) is 0 Å². The molecule has 1 saturated heterocycles. The molecule has 3 atom stereocenters. The summed E-state index contributed by atoms with van der Waals surface area (Å²) in [7, 11) is 0. The first kappa shape index (κ1) is 13.4. The molecule has 2 unspecified atom stereocenters. The topological polar surface area (TPSA) is 29.3 Å². The predicted molar refractivity (Wildman–Crippen MR) is 78.8 cm³/mol. The van der Waals surface area contributed by atoms with Gasteiger partial charge in [-0.3, -0.25) is 0 Å². The molecule has 0 saturated carbocycles. The van der Waals surface area contributed by atoms with Crippen LogP contribution in [0.3, 0.4) is 0 Å². The van der Waals surface area contributed by atoms with Gasteiger partial charge in [0, 0.05) is 24.8 Å². The van der Waals surface area contributed by atoms with Gasteiger partial charge in [-0.15, -0.1) is 0 Å². The van der Waals surface area contributed by atoms with Gasteiger partial charge in [0.2, 0.25) is 0 Å². The molecule has 0 aromatic heterocycles. The predicted octanol–water partition coefficient (Wildman–Crippen LogP) is 3.58. The van der Waals surface area contributed by atoms with Crippen LogP contribution in [0.25, 0.3) is 0 Å². The van der Waals surface area contributed by atoms with E-state index in [1.165, 1.54) is 24.2 Å². The number of hydrogen-bond donors (Lipinski definition) is 1. The largest absolute Gasteiger partial charge is 0.371 e. The third kappa shape index (κ3) is 2.69. The van der Waals surface area contributed by atoms with Gasteiger partial charge in [0.05, 0.1) is 0 Å². The molecule has 18 heavy (non-hydrogen) atoms.